The average molecular weight is 335 g/mol. The van der Waals surface area contributed by atoms with E-state index in [0.29, 0.717) is 11.5 Å². The number of benzene rings is 1. The van der Waals surface area contributed by atoms with Crippen molar-refractivity contribution in [1.82, 2.24) is 9.97 Å². The quantitative estimate of drug-likeness (QED) is 0.900. The Bertz CT molecular complexity index is 598. The number of hydrogen-bond acceptors (Lipinski definition) is 4. The molecule has 20 heavy (non-hydrogen) atoms. The van der Waals surface area contributed by atoms with Crippen molar-refractivity contribution in [3.8, 4) is 0 Å². The van der Waals surface area contributed by atoms with Crippen LogP contribution in [0.3, 0.4) is 0 Å². The average Bonchev–Trinajstić information content (AvgIpc) is 2.41. The number of amides is 1. The van der Waals surface area contributed by atoms with E-state index in [1.807, 2.05) is 38.1 Å². The molecule has 2 aromatic rings. The molecule has 0 aliphatic rings. The third-order valence-corrected chi connectivity index (χ3v) is 3.13. The Kier molecular flexibility index (Phi) is 4.68. The SMILES string of the molecule is CC(C)Nc1cnc(C(=O)Nc2ccccc2Br)cn1. The van der Waals surface area contributed by atoms with Crippen LogP contribution in [-0.4, -0.2) is 21.9 Å². The standard InChI is InChI=1S/C14H15BrN4O/c1-9(2)18-13-8-16-12(7-17-13)14(20)19-11-6-4-3-5-10(11)15/h3-9H,1-2H3,(H,17,18)(H,19,20). The molecule has 0 saturated heterocycles. The van der Waals surface area contributed by atoms with Gasteiger partial charge in [0.15, 0.2) is 0 Å². The third-order valence-electron chi connectivity index (χ3n) is 2.44. The van der Waals surface area contributed by atoms with Crippen LogP contribution in [0.1, 0.15) is 24.3 Å². The lowest BCUT2D eigenvalue weighted by molar-refractivity contribution is 0.102. The molecule has 2 rings (SSSR count). The Morgan fingerprint density at radius 2 is 1.95 bits per heavy atom. The van der Waals surface area contributed by atoms with Crippen LogP contribution in [-0.2, 0) is 0 Å². The van der Waals surface area contributed by atoms with Crippen molar-refractivity contribution in [1.29, 1.82) is 0 Å². The van der Waals surface area contributed by atoms with Gasteiger partial charge in [0.2, 0.25) is 0 Å². The summed E-state index contributed by atoms with van der Waals surface area (Å²) >= 11 is 3.38. The maximum Gasteiger partial charge on any atom is 0.275 e. The van der Waals surface area contributed by atoms with Gasteiger partial charge in [-0.2, -0.15) is 0 Å². The summed E-state index contributed by atoms with van der Waals surface area (Å²) in [6, 6.07) is 7.67. The zero-order chi connectivity index (χ0) is 14.5. The predicted octanol–water partition coefficient (Wildman–Crippen LogP) is 3.31. The molecule has 0 radical (unpaired) electrons. The van der Waals surface area contributed by atoms with Gasteiger partial charge in [-0.15, -0.1) is 0 Å². The highest BCUT2D eigenvalue weighted by atomic mass is 79.9. The normalized spacial score (nSPS) is 10.4. The van der Waals surface area contributed by atoms with Crippen molar-refractivity contribution >= 4 is 33.3 Å². The molecule has 0 fully saturated rings. The van der Waals surface area contributed by atoms with E-state index in [4.69, 9.17) is 0 Å². The summed E-state index contributed by atoms with van der Waals surface area (Å²) in [5.74, 6) is 0.359. The fourth-order valence-electron chi connectivity index (χ4n) is 1.56. The number of aromatic nitrogens is 2. The van der Waals surface area contributed by atoms with Crippen LogP contribution in [0.5, 0.6) is 0 Å². The van der Waals surface area contributed by atoms with E-state index in [-0.39, 0.29) is 17.6 Å². The zero-order valence-corrected chi connectivity index (χ0v) is 12.8. The van der Waals surface area contributed by atoms with Gasteiger partial charge >= 0.3 is 0 Å². The zero-order valence-electron chi connectivity index (χ0n) is 11.2. The first-order valence-electron chi connectivity index (χ1n) is 6.20. The maximum absolute atomic E-state index is 12.0. The van der Waals surface area contributed by atoms with E-state index in [2.05, 4.69) is 36.5 Å². The molecule has 0 bridgehead atoms. The Balaban J connectivity index is 2.08. The lowest BCUT2D eigenvalue weighted by Gasteiger charge is -2.09. The number of halogens is 1. The van der Waals surface area contributed by atoms with E-state index in [1.165, 1.54) is 6.20 Å². The Morgan fingerprint density at radius 1 is 1.20 bits per heavy atom. The highest BCUT2D eigenvalue weighted by Crippen LogP contribution is 2.21. The fraction of sp³-hybridized carbons (Fsp3) is 0.214. The number of nitrogens with zero attached hydrogens (tertiary/aromatic N) is 2. The first kappa shape index (κ1) is 14.5. The molecule has 0 unspecified atom stereocenters. The topological polar surface area (TPSA) is 66.9 Å². The van der Waals surface area contributed by atoms with Crippen LogP contribution < -0.4 is 10.6 Å². The van der Waals surface area contributed by atoms with Crippen molar-refractivity contribution in [3.05, 3.63) is 46.8 Å². The van der Waals surface area contributed by atoms with Crippen LogP contribution in [0.4, 0.5) is 11.5 Å². The molecule has 0 aliphatic carbocycles. The summed E-state index contributed by atoms with van der Waals surface area (Å²) < 4.78 is 0.819. The minimum atomic E-state index is -0.291. The Labute approximate surface area is 126 Å². The van der Waals surface area contributed by atoms with Gasteiger partial charge in [-0.1, -0.05) is 12.1 Å². The lowest BCUT2D eigenvalue weighted by atomic mass is 10.3. The van der Waals surface area contributed by atoms with E-state index < -0.39 is 0 Å². The van der Waals surface area contributed by atoms with Gasteiger partial charge in [0.25, 0.3) is 5.91 Å². The summed E-state index contributed by atoms with van der Waals surface area (Å²) in [5.41, 5.74) is 0.971. The first-order valence-corrected chi connectivity index (χ1v) is 7.00. The second-order valence-corrected chi connectivity index (χ2v) is 5.37. The van der Waals surface area contributed by atoms with E-state index >= 15 is 0 Å². The minimum absolute atomic E-state index is 0.268. The van der Waals surface area contributed by atoms with Gasteiger partial charge in [0.1, 0.15) is 11.5 Å². The molecule has 1 heterocycles. The van der Waals surface area contributed by atoms with Gasteiger partial charge in [0, 0.05) is 10.5 Å². The molecule has 0 spiro atoms. The predicted molar refractivity (Wildman–Crippen MR) is 82.9 cm³/mol. The molecule has 2 N–H and O–H groups in total. The van der Waals surface area contributed by atoms with Crippen LogP contribution >= 0.6 is 15.9 Å². The van der Waals surface area contributed by atoms with Crippen LogP contribution in [0.25, 0.3) is 0 Å². The molecule has 0 atom stereocenters. The van der Waals surface area contributed by atoms with Gasteiger partial charge in [0.05, 0.1) is 18.1 Å². The molecule has 5 nitrogen and oxygen atoms in total. The Hall–Kier alpha value is -1.95. The summed E-state index contributed by atoms with van der Waals surface area (Å²) in [4.78, 5) is 20.3. The highest BCUT2D eigenvalue weighted by molar-refractivity contribution is 9.10. The first-order chi connectivity index (χ1) is 9.56. The molecule has 1 aromatic heterocycles. The second kappa shape index (κ2) is 6.47. The molecular weight excluding hydrogens is 320 g/mol. The molecule has 0 aliphatic heterocycles. The molecular formula is C14H15BrN4O. The Morgan fingerprint density at radius 3 is 2.55 bits per heavy atom. The smallest absolute Gasteiger partial charge is 0.275 e. The fourth-order valence-corrected chi connectivity index (χ4v) is 1.95. The summed E-state index contributed by atoms with van der Waals surface area (Å²) in [7, 11) is 0. The lowest BCUT2D eigenvalue weighted by Crippen LogP contribution is -2.16. The van der Waals surface area contributed by atoms with Gasteiger partial charge in [-0.25, -0.2) is 9.97 Å². The number of carbonyl (C=O) groups is 1. The number of carbonyl (C=O) groups excluding carboxylic acids is 1. The third kappa shape index (κ3) is 3.77. The van der Waals surface area contributed by atoms with Crippen LogP contribution in [0.15, 0.2) is 41.1 Å². The molecule has 1 amide bonds. The van der Waals surface area contributed by atoms with Crippen LogP contribution in [0, 0.1) is 0 Å². The highest BCUT2D eigenvalue weighted by Gasteiger charge is 2.10. The van der Waals surface area contributed by atoms with E-state index in [9.17, 15) is 4.79 Å². The summed E-state index contributed by atoms with van der Waals surface area (Å²) in [6.07, 6.45) is 3.01. The van der Waals surface area contributed by atoms with Crippen molar-refractivity contribution in [2.24, 2.45) is 0 Å². The largest absolute Gasteiger partial charge is 0.367 e. The molecule has 1 aromatic carbocycles. The molecule has 6 heteroatoms. The van der Waals surface area contributed by atoms with Crippen molar-refractivity contribution in [2.45, 2.75) is 19.9 Å². The summed E-state index contributed by atoms with van der Waals surface area (Å²) in [6.45, 7) is 4.02. The monoisotopic (exact) mass is 334 g/mol. The van der Waals surface area contributed by atoms with E-state index in [0.717, 1.165) is 4.47 Å². The number of nitrogens with one attached hydrogen (secondary N) is 2. The summed E-state index contributed by atoms with van der Waals surface area (Å²) in [5, 5.41) is 5.89. The number of anilines is 2. The number of hydrogen-bond donors (Lipinski definition) is 2. The van der Waals surface area contributed by atoms with Crippen molar-refractivity contribution in [2.75, 3.05) is 10.6 Å². The van der Waals surface area contributed by atoms with E-state index in [1.54, 1.807) is 6.20 Å². The second-order valence-electron chi connectivity index (χ2n) is 4.52. The maximum atomic E-state index is 12.0. The van der Waals surface area contributed by atoms with Crippen molar-refractivity contribution < 1.29 is 4.79 Å². The minimum Gasteiger partial charge on any atom is -0.367 e. The van der Waals surface area contributed by atoms with Gasteiger partial charge in [-0.05, 0) is 41.9 Å². The van der Waals surface area contributed by atoms with Crippen molar-refractivity contribution in [3.63, 3.8) is 0 Å². The van der Waals surface area contributed by atoms with Gasteiger partial charge in [-0.3, -0.25) is 4.79 Å². The number of rotatable bonds is 4. The molecule has 104 valence electrons. The number of para-hydroxylation sites is 1. The molecule has 0 saturated carbocycles. The van der Waals surface area contributed by atoms with Gasteiger partial charge < -0.3 is 10.6 Å². The van der Waals surface area contributed by atoms with Crippen LogP contribution in [0.2, 0.25) is 0 Å².